The lowest BCUT2D eigenvalue weighted by molar-refractivity contribution is -0.927. The summed E-state index contributed by atoms with van der Waals surface area (Å²) < 4.78 is 61.9. The van der Waals surface area contributed by atoms with E-state index < -0.39 is 30.6 Å². The van der Waals surface area contributed by atoms with Gasteiger partial charge in [-0.3, -0.25) is 0 Å². The first kappa shape index (κ1) is 42.1. The average Bonchev–Trinajstić information content (AvgIpc) is 3.11. The Morgan fingerprint density at radius 2 is 1.64 bits per heavy atom. The standard InChI is InChI=1S/C37H49FN7O8PS/c1-37(2,3)41-22-33(46)26-5-6-27(34(21-26)52-25-53-54(47,48)49)23-45(4)19-16-29(17-20-45)40-24-55(50,51)32-13-11-31(12-14-32)43-36-39-18-15-35(44-36)42-30-9-7-28(38)8-10-30/h5-15,18,21,29,33,40-41,46H,16-17,19-20,22-25H2,1-4H3,(H3-,39,42,43,44,47,48,49)/p+1. The van der Waals surface area contributed by atoms with Crippen molar-refractivity contribution in [1.29, 1.82) is 0 Å². The summed E-state index contributed by atoms with van der Waals surface area (Å²) in [5.74, 6) is 0.583. The molecule has 1 unspecified atom stereocenters. The maximum absolute atomic E-state index is 13.3. The molecule has 0 saturated carbocycles. The van der Waals surface area contributed by atoms with Crippen LogP contribution in [0.2, 0.25) is 0 Å². The number of sulfone groups is 1. The third kappa shape index (κ3) is 13.3. The number of rotatable bonds is 17. The zero-order chi connectivity index (χ0) is 39.9. The largest absolute Gasteiger partial charge is 0.472 e. The van der Waals surface area contributed by atoms with E-state index in [1.54, 1.807) is 42.6 Å². The number of benzene rings is 3. The summed E-state index contributed by atoms with van der Waals surface area (Å²) in [5, 5.41) is 23.5. The van der Waals surface area contributed by atoms with Crippen molar-refractivity contribution in [3.05, 3.63) is 95.9 Å². The summed E-state index contributed by atoms with van der Waals surface area (Å²) in [6, 6.07) is 19.2. The van der Waals surface area contributed by atoms with Crippen molar-refractivity contribution in [2.45, 2.75) is 62.7 Å². The van der Waals surface area contributed by atoms with E-state index in [1.807, 2.05) is 32.9 Å². The highest BCUT2D eigenvalue weighted by molar-refractivity contribution is 7.91. The SMILES string of the molecule is CC(C)(C)NCC(O)c1ccc(C[N+]2(C)CCC(NCS(=O)(=O)c3ccc(Nc4nccc(Nc5ccc(F)cc5)n4)cc3)CC2)c(OCOP(=O)(O)O)c1. The number of ether oxygens (including phenoxy) is 1. The van der Waals surface area contributed by atoms with Gasteiger partial charge in [-0.1, -0.05) is 6.07 Å². The second-order valence-electron chi connectivity index (χ2n) is 14.9. The van der Waals surface area contributed by atoms with Crippen LogP contribution in [0.1, 0.15) is 50.8 Å². The summed E-state index contributed by atoms with van der Waals surface area (Å²) in [7, 11) is -6.30. The summed E-state index contributed by atoms with van der Waals surface area (Å²) >= 11 is 0. The maximum atomic E-state index is 13.3. The van der Waals surface area contributed by atoms with Gasteiger partial charge >= 0.3 is 7.82 Å². The van der Waals surface area contributed by atoms with Crippen LogP contribution in [0, 0.1) is 5.82 Å². The Hall–Kier alpha value is -4.03. The van der Waals surface area contributed by atoms with Gasteiger partial charge in [0.1, 0.15) is 29.8 Å². The van der Waals surface area contributed by atoms with Gasteiger partial charge in [0.2, 0.25) is 5.95 Å². The first-order valence-electron chi connectivity index (χ1n) is 17.8. The highest BCUT2D eigenvalue weighted by atomic mass is 32.2. The van der Waals surface area contributed by atoms with Gasteiger partial charge in [0.15, 0.2) is 16.6 Å². The Bertz CT molecular complexity index is 2040. The fourth-order valence-electron chi connectivity index (χ4n) is 6.04. The van der Waals surface area contributed by atoms with Crippen LogP contribution < -0.4 is 26.0 Å². The van der Waals surface area contributed by atoms with Gasteiger partial charge in [-0.2, -0.15) is 4.98 Å². The fraction of sp³-hybridized carbons (Fsp3) is 0.405. The van der Waals surface area contributed by atoms with Crippen molar-refractivity contribution in [3.8, 4) is 5.75 Å². The quantitative estimate of drug-likeness (QED) is 0.0422. The molecule has 0 amide bonds. The Kier molecular flexibility index (Phi) is 13.7. The number of aliphatic hydroxyl groups excluding tert-OH is 1. The van der Waals surface area contributed by atoms with Crippen LogP contribution in [-0.2, 0) is 25.5 Å². The van der Waals surface area contributed by atoms with E-state index >= 15 is 0 Å². The number of phosphoric ester groups is 1. The Morgan fingerprint density at radius 1 is 0.982 bits per heavy atom. The van der Waals surface area contributed by atoms with Crippen molar-refractivity contribution in [3.63, 3.8) is 0 Å². The molecule has 0 spiro atoms. The van der Waals surface area contributed by atoms with Crippen molar-refractivity contribution in [1.82, 2.24) is 20.6 Å². The second-order valence-corrected chi connectivity index (χ2v) is 18.1. The zero-order valence-electron chi connectivity index (χ0n) is 31.3. The molecule has 1 aliphatic heterocycles. The molecular formula is C37H50FN7O8PS+. The van der Waals surface area contributed by atoms with Crippen LogP contribution in [0.3, 0.4) is 0 Å². The van der Waals surface area contributed by atoms with E-state index in [0.29, 0.717) is 52.0 Å². The molecule has 1 atom stereocenters. The molecule has 1 fully saturated rings. The van der Waals surface area contributed by atoms with E-state index in [4.69, 9.17) is 14.5 Å². The predicted octanol–water partition coefficient (Wildman–Crippen LogP) is 5.10. The highest BCUT2D eigenvalue weighted by Crippen LogP contribution is 2.36. The van der Waals surface area contributed by atoms with Gasteiger partial charge in [-0.25, -0.2) is 26.9 Å². The molecule has 0 radical (unpaired) electrons. The minimum atomic E-state index is -4.75. The maximum Gasteiger partial charge on any atom is 0.472 e. The second kappa shape index (κ2) is 17.8. The number of nitrogens with zero attached hydrogens (tertiary/aromatic N) is 3. The lowest BCUT2D eigenvalue weighted by Gasteiger charge is -2.41. The molecule has 2 heterocycles. The van der Waals surface area contributed by atoms with Crippen molar-refractivity contribution in [2.75, 3.05) is 50.0 Å². The highest BCUT2D eigenvalue weighted by Gasteiger charge is 2.32. The number of phosphoric acid groups is 1. The molecule has 55 heavy (non-hydrogen) atoms. The smallest absolute Gasteiger partial charge is 0.466 e. The summed E-state index contributed by atoms with van der Waals surface area (Å²) in [4.78, 5) is 27.1. The summed E-state index contributed by atoms with van der Waals surface area (Å²) in [6.07, 6.45) is 2.16. The topological polar surface area (TPSA) is 204 Å². The number of aromatic nitrogens is 2. The normalized spacial score (nSPS) is 18.4. The van der Waals surface area contributed by atoms with E-state index in [-0.39, 0.29) is 28.2 Å². The summed E-state index contributed by atoms with van der Waals surface area (Å²) in [6.45, 7) is 7.62. The Labute approximate surface area is 321 Å². The number of halogens is 1. The molecule has 0 bridgehead atoms. The minimum Gasteiger partial charge on any atom is -0.466 e. The van der Waals surface area contributed by atoms with Crippen molar-refractivity contribution >= 4 is 40.8 Å². The number of likely N-dealkylation sites (tertiary alicyclic amines) is 1. The molecule has 298 valence electrons. The average molecular weight is 803 g/mol. The van der Waals surface area contributed by atoms with Gasteiger partial charge in [-0.15, -0.1) is 0 Å². The number of anilines is 4. The van der Waals surface area contributed by atoms with E-state index in [2.05, 4.69) is 42.8 Å². The molecule has 7 N–H and O–H groups in total. The van der Waals surface area contributed by atoms with Crippen LogP contribution >= 0.6 is 7.82 Å². The molecule has 1 saturated heterocycles. The number of nitrogens with one attached hydrogen (secondary N) is 4. The summed E-state index contributed by atoms with van der Waals surface area (Å²) in [5.41, 5.74) is 2.42. The Balaban J connectivity index is 1.14. The molecule has 15 nitrogen and oxygen atoms in total. The van der Waals surface area contributed by atoms with E-state index in [9.17, 15) is 22.5 Å². The van der Waals surface area contributed by atoms with Gasteiger partial charge < -0.3 is 45.4 Å². The van der Waals surface area contributed by atoms with Crippen LogP contribution in [0.5, 0.6) is 5.75 Å². The molecule has 0 aliphatic carbocycles. The van der Waals surface area contributed by atoms with Crippen LogP contribution in [0.15, 0.2) is 83.9 Å². The third-order valence-electron chi connectivity index (χ3n) is 9.13. The number of piperidine rings is 1. The molecule has 1 aromatic heterocycles. The van der Waals surface area contributed by atoms with Gasteiger partial charge in [0.25, 0.3) is 0 Å². The van der Waals surface area contributed by atoms with Crippen molar-refractivity contribution < 1.29 is 46.0 Å². The lowest BCUT2D eigenvalue weighted by Crippen LogP contribution is -2.53. The van der Waals surface area contributed by atoms with Crippen LogP contribution in [-0.4, -0.2) is 88.7 Å². The number of aliphatic hydroxyl groups is 1. The van der Waals surface area contributed by atoms with Gasteiger partial charge in [0.05, 0.1) is 31.1 Å². The number of quaternary nitrogens is 1. The molecule has 18 heteroatoms. The van der Waals surface area contributed by atoms with Gasteiger partial charge in [0, 0.05) is 54.1 Å². The fourth-order valence-corrected chi connectivity index (χ4v) is 7.41. The van der Waals surface area contributed by atoms with Crippen LogP contribution in [0.4, 0.5) is 27.5 Å². The number of hydrogen-bond acceptors (Lipinski definition) is 12. The molecule has 4 aromatic rings. The first-order valence-corrected chi connectivity index (χ1v) is 20.9. The molecule has 5 rings (SSSR count). The van der Waals surface area contributed by atoms with E-state index in [1.165, 1.54) is 24.3 Å². The number of β-amino-alcohol motifs (C(OH)–C–C–N with tert-alkyl or cyclic N) is 1. The predicted molar refractivity (Wildman–Crippen MR) is 207 cm³/mol. The van der Waals surface area contributed by atoms with Gasteiger partial charge in [-0.05, 0) is 93.1 Å². The van der Waals surface area contributed by atoms with Crippen molar-refractivity contribution in [2.24, 2.45) is 0 Å². The monoisotopic (exact) mass is 802 g/mol. The molecule has 3 aromatic carbocycles. The van der Waals surface area contributed by atoms with Crippen LogP contribution in [0.25, 0.3) is 0 Å². The molecular weight excluding hydrogens is 752 g/mol. The van der Waals surface area contributed by atoms with E-state index in [0.717, 1.165) is 31.5 Å². The lowest BCUT2D eigenvalue weighted by atomic mass is 10.00. The first-order chi connectivity index (χ1) is 25.8. The minimum absolute atomic E-state index is 0.0185. The molecule has 1 aliphatic rings. The third-order valence-corrected chi connectivity index (χ3v) is 11.1. The zero-order valence-corrected chi connectivity index (χ0v) is 33.0. The Morgan fingerprint density at radius 3 is 2.29 bits per heavy atom. The number of hydrogen-bond donors (Lipinski definition) is 7.